The van der Waals surface area contributed by atoms with Crippen LogP contribution < -0.4 is 10.1 Å². The molecule has 0 unspecified atom stereocenters. The van der Waals surface area contributed by atoms with Gasteiger partial charge < -0.3 is 10.1 Å². The number of hydrogen-bond donors (Lipinski definition) is 1. The van der Waals surface area contributed by atoms with Gasteiger partial charge in [-0.3, -0.25) is 4.99 Å². The van der Waals surface area contributed by atoms with Crippen molar-refractivity contribution < 1.29 is 4.74 Å². The predicted molar refractivity (Wildman–Crippen MR) is 149 cm³/mol. The molecule has 1 aromatic rings. The Labute approximate surface area is 211 Å². The lowest BCUT2D eigenvalue weighted by molar-refractivity contribution is 0.304. The Morgan fingerprint density at radius 2 is 1.09 bits per heavy atom. The van der Waals surface area contributed by atoms with Gasteiger partial charge in [0.2, 0.25) is 0 Å². The third-order valence-corrected chi connectivity index (χ3v) is 7.75. The summed E-state index contributed by atoms with van der Waals surface area (Å²) in [5.74, 6) is 1.95. The first-order chi connectivity index (χ1) is 16.4. The number of aliphatic imine (C=N–C) groups is 1. The molecule has 0 amide bonds. The molecule has 2 rings (SSSR count). The number of unbranched alkanes of at least 4 members (excludes halogenated alkanes) is 15. The Morgan fingerprint density at radius 3 is 1.50 bits per heavy atom. The van der Waals surface area contributed by atoms with E-state index in [0.29, 0.717) is 0 Å². The predicted octanol–water partition coefficient (Wildman–Crippen LogP) is 9.23. The number of ether oxygens (including phenoxy) is 1. The first-order valence-corrected chi connectivity index (χ1v) is 14.5. The highest BCUT2D eigenvalue weighted by Gasteiger charge is 2.42. The van der Waals surface area contributed by atoms with Gasteiger partial charge in [-0.05, 0) is 58.4 Å². The molecule has 0 saturated heterocycles. The van der Waals surface area contributed by atoms with Crippen molar-refractivity contribution in [1.82, 2.24) is 5.32 Å². The minimum atomic E-state index is -0.106. The molecule has 194 valence electrons. The van der Waals surface area contributed by atoms with Crippen LogP contribution in [-0.4, -0.2) is 23.5 Å². The van der Waals surface area contributed by atoms with Gasteiger partial charge in [-0.2, -0.15) is 0 Å². The molecule has 0 aromatic heterocycles. The maximum absolute atomic E-state index is 5.96. The maximum Gasteiger partial charge on any atom is 0.129 e. The van der Waals surface area contributed by atoms with Gasteiger partial charge >= 0.3 is 0 Å². The van der Waals surface area contributed by atoms with E-state index in [0.717, 1.165) is 30.2 Å². The zero-order chi connectivity index (χ0) is 24.7. The topological polar surface area (TPSA) is 33.6 Å². The average Bonchev–Trinajstić information content (AvgIpc) is 3.03. The number of hydrogen-bond acceptors (Lipinski definition) is 3. The largest absolute Gasteiger partial charge is 0.494 e. The highest BCUT2D eigenvalue weighted by atomic mass is 16.5. The Morgan fingerprint density at radius 1 is 0.647 bits per heavy atom. The van der Waals surface area contributed by atoms with E-state index in [-0.39, 0.29) is 11.1 Å². The van der Waals surface area contributed by atoms with Crippen LogP contribution in [0.4, 0.5) is 0 Å². The van der Waals surface area contributed by atoms with E-state index < -0.39 is 0 Å². The van der Waals surface area contributed by atoms with Crippen molar-refractivity contribution in [3.05, 3.63) is 29.8 Å². The smallest absolute Gasteiger partial charge is 0.129 e. The molecule has 3 heteroatoms. The van der Waals surface area contributed by atoms with Crippen molar-refractivity contribution in [2.45, 2.75) is 148 Å². The molecule has 1 aromatic carbocycles. The lowest BCUT2D eigenvalue weighted by Crippen LogP contribution is -2.50. The van der Waals surface area contributed by atoms with E-state index in [1.807, 2.05) is 0 Å². The lowest BCUT2D eigenvalue weighted by Gasteiger charge is -2.32. The lowest BCUT2D eigenvalue weighted by atomic mass is 9.85. The van der Waals surface area contributed by atoms with Gasteiger partial charge in [0.05, 0.1) is 17.7 Å². The fourth-order valence-electron chi connectivity index (χ4n) is 4.58. The van der Waals surface area contributed by atoms with Crippen molar-refractivity contribution in [2.75, 3.05) is 6.61 Å². The molecular formula is C31H54N2O. The molecule has 1 aliphatic heterocycles. The average molecular weight is 471 g/mol. The summed E-state index contributed by atoms with van der Waals surface area (Å²) in [4.78, 5) is 4.89. The van der Waals surface area contributed by atoms with E-state index in [4.69, 9.17) is 9.73 Å². The molecule has 0 radical (unpaired) electrons. The number of nitrogens with one attached hydrogen (secondary N) is 1. The summed E-state index contributed by atoms with van der Waals surface area (Å²) < 4.78 is 5.96. The molecule has 1 heterocycles. The minimum Gasteiger partial charge on any atom is -0.494 e. The summed E-state index contributed by atoms with van der Waals surface area (Å²) in [5, 5.41) is 3.57. The molecule has 34 heavy (non-hydrogen) atoms. The summed E-state index contributed by atoms with van der Waals surface area (Å²) in [6.07, 6.45) is 22.4. The van der Waals surface area contributed by atoms with Gasteiger partial charge in [0.25, 0.3) is 0 Å². The molecule has 1 N–H and O–H groups in total. The van der Waals surface area contributed by atoms with Gasteiger partial charge in [-0.1, -0.05) is 103 Å². The van der Waals surface area contributed by atoms with Gasteiger partial charge in [0.15, 0.2) is 0 Å². The summed E-state index contributed by atoms with van der Waals surface area (Å²) in [5.41, 5.74) is 0.989. The highest BCUT2D eigenvalue weighted by Crippen LogP contribution is 2.31. The van der Waals surface area contributed by atoms with Crippen LogP contribution in [0.15, 0.2) is 29.3 Å². The zero-order valence-electron chi connectivity index (χ0n) is 23.2. The summed E-state index contributed by atoms with van der Waals surface area (Å²) >= 11 is 0. The number of nitrogens with zero attached hydrogens (tertiary/aromatic N) is 1. The van der Waals surface area contributed by atoms with Crippen LogP contribution in [0.5, 0.6) is 5.75 Å². The van der Waals surface area contributed by atoms with Crippen LogP contribution in [0.3, 0.4) is 0 Å². The Hall–Kier alpha value is -1.51. The number of benzene rings is 1. The monoisotopic (exact) mass is 470 g/mol. The van der Waals surface area contributed by atoms with E-state index >= 15 is 0 Å². The van der Waals surface area contributed by atoms with Crippen LogP contribution in [0, 0.1) is 0 Å². The second kappa shape index (κ2) is 15.5. The van der Waals surface area contributed by atoms with Crippen molar-refractivity contribution in [3.63, 3.8) is 0 Å². The molecule has 0 atom stereocenters. The Kier molecular flexibility index (Phi) is 13.1. The molecule has 3 nitrogen and oxygen atoms in total. The van der Waals surface area contributed by atoms with E-state index in [9.17, 15) is 0 Å². The molecule has 1 aliphatic rings. The fraction of sp³-hybridized carbons (Fsp3) is 0.774. The van der Waals surface area contributed by atoms with Crippen LogP contribution in [0.1, 0.15) is 143 Å². The normalized spacial score (nSPS) is 16.3. The minimum absolute atomic E-state index is 0.0370. The number of rotatable bonds is 19. The molecule has 0 spiro atoms. The molecular weight excluding hydrogens is 416 g/mol. The quantitative estimate of drug-likeness (QED) is 0.204. The second-order valence-electron chi connectivity index (χ2n) is 11.4. The van der Waals surface area contributed by atoms with Crippen LogP contribution in [-0.2, 0) is 0 Å². The molecule has 0 bridgehead atoms. The van der Waals surface area contributed by atoms with E-state index in [1.54, 1.807) is 0 Å². The summed E-state index contributed by atoms with van der Waals surface area (Å²) in [6, 6.07) is 8.38. The van der Waals surface area contributed by atoms with Gasteiger partial charge in [-0.25, -0.2) is 0 Å². The molecule has 0 aliphatic carbocycles. The summed E-state index contributed by atoms with van der Waals surface area (Å²) in [6.45, 7) is 11.9. The Balaban J connectivity index is 1.42. The van der Waals surface area contributed by atoms with Crippen molar-refractivity contribution in [1.29, 1.82) is 0 Å². The SMILES string of the molecule is CCCCCCCCCCCCCCCCCCOc1ccc(C2=NC(C)(C)C(C)(C)N2)cc1. The highest BCUT2D eigenvalue weighted by molar-refractivity contribution is 6.01. The maximum atomic E-state index is 5.96. The molecule has 0 saturated carbocycles. The van der Waals surface area contributed by atoms with Crippen molar-refractivity contribution in [3.8, 4) is 5.75 Å². The van der Waals surface area contributed by atoms with Crippen molar-refractivity contribution >= 4 is 5.84 Å². The number of amidine groups is 1. The van der Waals surface area contributed by atoms with Crippen LogP contribution in [0.25, 0.3) is 0 Å². The molecule has 0 fully saturated rings. The first-order valence-electron chi connectivity index (χ1n) is 14.5. The van der Waals surface area contributed by atoms with Gasteiger partial charge in [0, 0.05) is 5.56 Å². The Bertz CT molecular complexity index is 690. The fourth-order valence-corrected chi connectivity index (χ4v) is 4.58. The first kappa shape index (κ1) is 28.7. The van der Waals surface area contributed by atoms with Gasteiger partial charge in [0.1, 0.15) is 11.6 Å². The van der Waals surface area contributed by atoms with E-state index in [2.05, 4.69) is 64.2 Å². The third-order valence-electron chi connectivity index (χ3n) is 7.75. The standard InChI is InChI=1S/C31H54N2O/c1-6-7-8-9-10-11-12-13-14-15-16-17-18-19-20-21-26-34-28-24-22-27(23-25-28)29-32-30(2,3)31(4,5)33-29/h22-25H,6-21,26H2,1-5H3,(H,32,33). The van der Waals surface area contributed by atoms with Crippen molar-refractivity contribution in [2.24, 2.45) is 4.99 Å². The van der Waals surface area contributed by atoms with Crippen LogP contribution in [0.2, 0.25) is 0 Å². The third kappa shape index (κ3) is 10.4. The van der Waals surface area contributed by atoms with Gasteiger partial charge in [-0.15, -0.1) is 0 Å². The summed E-state index contributed by atoms with van der Waals surface area (Å²) in [7, 11) is 0. The second-order valence-corrected chi connectivity index (χ2v) is 11.4. The van der Waals surface area contributed by atoms with Crippen LogP contribution >= 0.6 is 0 Å². The zero-order valence-corrected chi connectivity index (χ0v) is 23.2. The van der Waals surface area contributed by atoms with E-state index in [1.165, 1.54) is 96.3 Å².